The van der Waals surface area contributed by atoms with Crippen LogP contribution in [0.25, 0.3) is 0 Å². The molecule has 17 heavy (non-hydrogen) atoms. The van der Waals surface area contributed by atoms with Crippen LogP contribution in [0.2, 0.25) is 0 Å². The minimum Gasteiger partial charge on any atom is -0.388 e. The standard InChI is InChI=1S/C16H26O/c1-4-7-16(17)15-11-6-10-14(12-15)9-5-8-13(2)3/h6,10-13,16-17H,4-5,7-9H2,1-3H3. The SMILES string of the molecule is CCCC(O)c1cccc(CCCC(C)C)c1. The van der Waals surface area contributed by atoms with Crippen molar-refractivity contribution in [1.29, 1.82) is 0 Å². The Kier molecular flexibility index (Phi) is 6.28. The van der Waals surface area contributed by atoms with Crippen molar-refractivity contribution in [2.24, 2.45) is 5.92 Å². The summed E-state index contributed by atoms with van der Waals surface area (Å²) >= 11 is 0. The number of aliphatic hydroxyl groups is 1. The van der Waals surface area contributed by atoms with Crippen LogP contribution >= 0.6 is 0 Å². The number of hydrogen-bond donors (Lipinski definition) is 1. The summed E-state index contributed by atoms with van der Waals surface area (Å²) in [6.07, 6.45) is 5.25. The molecule has 1 aromatic carbocycles. The molecule has 0 radical (unpaired) electrons. The van der Waals surface area contributed by atoms with Gasteiger partial charge < -0.3 is 5.11 Å². The third-order valence-electron chi connectivity index (χ3n) is 3.14. The molecule has 1 N–H and O–H groups in total. The third-order valence-corrected chi connectivity index (χ3v) is 3.14. The molecular formula is C16H26O. The van der Waals surface area contributed by atoms with Gasteiger partial charge >= 0.3 is 0 Å². The summed E-state index contributed by atoms with van der Waals surface area (Å²) in [5.41, 5.74) is 2.44. The van der Waals surface area contributed by atoms with E-state index in [0.29, 0.717) is 0 Å². The molecule has 96 valence electrons. The van der Waals surface area contributed by atoms with Crippen LogP contribution in [-0.2, 0) is 6.42 Å². The fourth-order valence-corrected chi connectivity index (χ4v) is 2.11. The zero-order chi connectivity index (χ0) is 12.7. The van der Waals surface area contributed by atoms with Gasteiger partial charge in [-0.1, -0.05) is 57.9 Å². The highest BCUT2D eigenvalue weighted by atomic mass is 16.3. The van der Waals surface area contributed by atoms with Crippen molar-refractivity contribution < 1.29 is 5.11 Å². The molecule has 0 aliphatic rings. The smallest absolute Gasteiger partial charge is 0.0790 e. The molecule has 0 saturated carbocycles. The van der Waals surface area contributed by atoms with Crippen LogP contribution in [0.15, 0.2) is 24.3 Å². The molecule has 0 heterocycles. The Morgan fingerprint density at radius 3 is 2.59 bits per heavy atom. The molecule has 1 aromatic rings. The molecular weight excluding hydrogens is 208 g/mol. The maximum atomic E-state index is 9.96. The maximum Gasteiger partial charge on any atom is 0.0790 e. The van der Waals surface area contributed by atoms with E-state index in [0.717, 1.165) is 30.7 Å². The van der Waals surface area contributed by atoms with Gasteiger partial charge in [0.1, 0.15) is 0 Å². The predicted octanol–water partition coefficient (Wildman–Crippen LogP) is 4.50. The van der Waals surface area contributed by atoms with Crippen molar-refractivity contribution in [3.63, 3.8) is 0 Å². The fourth-order valence-electron chi connectivity index (χ4n) is 2.11. The second-order valence-corrected chi connectivity index (χ2v) is 5.34. The van der Waals surface area contributed by atoms with E-state index in [2.05, 4.69) is 39.0 Å². The van der Waals surface area contributed by atoms with Crippen LogP contribution in [0.4, 0.5) is 0 Å². The van der Waals surface area contributed by atoms with E-state index >= 15 is 0 Å². The Labute approximate surface area is 106 Å². The number of benzene rings is 1. The molecule has 0 aliphatic carbocycles. The lowest BCUT2D eigenvalue weighted by Gasteiger charge is -2.11. The summed E-state index contributed by atoms with van der Waals surface area (Å²) in [5, 5.41) is 9.96. The molecule has 0 aromatic heterocycles. The van der Waals surface area contributed by atoms with E-state index in [1.165, 1.54) is 18.4 Å². The summed E-state index contributed by atoms with van der Waals surface area (Å²) < 4.78 is 0. The maximum absolute atomic E-state index is 9.96. The summed E-state index contributed by atoms with van der Waals surface area (Å²) in [6.45, 7) is 6.64. The van der Waals surface area contributed by atoms with Crippen molar-refractivity contribution in [2.75, 3.05) is 0 Å². The van der Waals surface area contributed by atoms with Crippen molar-refractivity contribution in [1.82, 2.24) is 0 Å². The van der Waals surface area contributed by atoms with Gasteiger partial charge in [-0.3, -0.25) is 0 Å². The predicted molar refractivity (Wildman–Crippen MR) is 74.1 cm³/mol. The highest BCUT2D eigenvalue weighted by molar-refractivity contribution is 5.25. The van der Waals surface area contributed by atoms with Crippen LogP contribution in [0.5, 0.6) is 0 Å². The zero-order valence-corrected chi connectivity index (χ0v) is 11.4. The molecule has 0 aliphatic heterocycles. The highest BCUT2D eigenvalue weighted by Gasteiger charge is 2.06. The van der Waals surface area contributed by atoms with Crippen molar-refractivity contribution >= 4 is 0 Å². The Bertz CT molecular complexity index is 317. The summed E-state index contributed by atoms with van der Waals surface area (Å²) in [7, 11) is 0. The molecule has 1 unspecified atom stereocenters. The van der Waals surface area contributed by atoms with Gasteiger partial charge in [-0.05, 0) is 36.3 Å². The van der Waals surface area contributed by atoms with Crippen LogP contribution < -0.4 is 0 Å². The summed E-state index contributed by atoms with van der Waals surface area (Å²) in [6, 6.07) is 8.44. The lowest BCUT2D eigenvalue weighted by molar-refractivity contribution is 0.166. The number of hydrogen-bond acceptors (Lipinski definition) is 1. The molecule has 1 atom stereocenters. The normalized spacial score (nSPS) is 13.0. The van der Waals surface area contributed by atoms with Gasteiger partial charge in [0.2, 0.25) is 0 Å². The second-order valence-electron chi connectivity index (χ2n) is 5.34. The Morgan fingerprint density at radius 2 is 1.94 bits per heavy atom. The Hall–Kier alpha value is -0.820. The van der Waals surface area contributed by atoms with Gasteiger partial charge in [-0.25, -0.2) is 0 Å². The lowest BCUT2D eigenvalue weighted by atomic mass is 9.98. The summed E-state index contributed by atoms with van der Waals surface area (Å²) in [5.74, 6) is 0.781. The first-order valence-corrected chi connectivity index (χ1v) is 6.90. The van der Waals surface area contributed by atoms with Gasteiger partial charge in [-0.2, -0.15) is 0 Å². The first-order chi connectivity index (χ1) is 8.13. The fraction of sp³-hybridized carbons (Fsp3) is 0.625. The molecule has 0 saturated heterocycles. The highest BCUT2D eigenvalue weighted by Crippen LogP contribution is 2.20. The minimum atomic E-state index is -0.287. The van der Waals surface area contributed by atoms with Gasteiger partial charge in [0.25, 0.3) is 0 Å². The van der Waals surface area contributed by atoms with Crippen molar-refractivity contribution in [2.45, 2.75) is 59.0 Å². The Morgan fingerprint density at radius 1 is 1.18 bits per heavy atom. The quantitative estimate of drug-likeness (QED) is 0.736. The molecule has 1 heteroatoms. The molecule has 1 nitrogen and oxygen atoms in total. The number of aryl methyl sites for hydroxylation is 1. The average molecular weight is 234 g/mol. The first-order valence-electron chi connectivity index (χ1n) is 6.90. The third kappa shape index (κ3) is 5.36. The molecule has 0 fully saturated rings. The monoisotopic (exact) mass is 234 g/mol. The van der Waals surface area contributed by atoms with E-state index < -0.39 is 0 Å². The van der Waals surface area contributed by atoms with Crippen LogP contribution in [0.1, 0.15) is 63.7 Å². The molecule has 0 amide bonds. The van der Waals surface area contributed by atoms with Crippen molar-refractivity contribution in [3.05, 3.63) is 35.4 Å². The van der Waals surface area contributed by atoms with Crippen LogP contribution in [0.3, 0.4) is 0 Å². The number of aliphatic hydroxyl groups excluding tert-OH is 1. The van der Waals surface area contributed by atoms with Crippen molar-refractivity contribution in [3.8, 4) is 0 Å². The Balaban J connectivity index is 2.53. The van der Waals surface area contributed by atoms with E-state index in [-0.39, 0.29) is 6.10 Å². The molecule has 1 rings (SSSR count). The zero-order valence-electron chi connectivity index (χ0n) is 11.4. The van der Waals surface area contributed by atoms with E-state index in [1.807, 2.05) is 6.07 Å². The van der Waals surface area contributed by atoms with E-state index in [9.17, 15) is 5.11 Å². The van der Waals surface area contributed by atoms with Gasteiger partial charge in [0.05, 0.1) is 6.10 Å². The lowest BCUT2D eigenvalue weighted by Crippen LogP contribution is -1.98. The van der Waals surface area contributed by atoms with Gasteiger partial charge in [0, 0.05) is 0 Å². The molecule has 0 bridgehead atoms. The van der Waals surface area contributed by atoms with E-state index in [4.69, 9.17) is 0 Å². The number of rotatable bonds is 7. The van der Waals surface area contributed by atoms with E-state index in [1.54, 1.807) is 0 Å². The van der Waals surface area contributed by atoms with Crippen LogP contribution in [-0.4, -0.2) is 5.11 Å². The summed E-state index contributed by atoms with van der Waals surface area (Å²) in [4.78, 5) is 0. The second kappa shape index (κ2) is 7.50. The molecule has 0 spiro atoms. The topological polar surface area (TPSA) is 20.2 Å². The van der Waals surface area contributed by atoms with Gasteiger partial charge in [0.15, 0.2) is 0 Å². The van der Waals surface area contributed by atoms with Gasteiger partial charge in [-0.15, -0.1) is 0 Å². The largest absolute Gasteiger partial charge is 0.388 e. The first kappa shape index (κ1) is 14.2. The van der Waals surface area contributed by atoms with Crippen LogP contribution in [0, 0.1) is 5.92 Å². The average Bonchev–Trinajstić information content (AvgIpc) is 2.29. The minimum absolute atomic E-state index is 0.287.